The highest BCUT2D eigenvalue weighted by molar-refractivity contribution is 5.79. The molecule has 5 heteroatoms. The number of anilines is 1. The lowest BCUT2D eigenvalue weighted by molar-refractivity contribution is -0.127. The third-order valence-corrected chi connectivity index (χ3v) is 6.08. The molecule has 0 saturated carbocycles. The van der Waals surface area contributed by atoms with Crippen LogP contribution in [0.25, 0.3) is 6.08 Å². The van der Waals surface area contributed by atoms with Crippen LogP contribution >= 0.6 is 0 Å². The molecule has 2 aliphatic heterocycles. The fourth-order valence-electron chi connectivity index (χ4n) is 4.37. The molecule has 2 aliphatic rings. The highest BCUT2D eigenvalue weighted by Crippen LogP contribution is 2.41. The standard InChI is InChI=1S/C23H28N4O/c24-22-20(9-4-12-25-22)17-26-14-10-23(11-15-26)16-21(28)27(18-23)13-5-8-19-6-2-1-3-7-19/h1-9,12H,10-11,13-18H2,(H2,24,25). The average Bonchev–Trinajstić information content (AvgIpc) is 3.01. The lowest BCUT2D eigenvalue weighted by Crippen LogP contribution is -2.41. The summed E-state index contributed by atoms with van der Waals surface area (Å²) in [5, 5.41) is 0. The van der Waals surface area contributed by atoms with Crippen LogP contribution in [0.15, 0.2) is 54.7 Å². The maximum Gasteiger partial charge on any atom is 0.223 e. The number of carbonyl (C=O) groups excluding carboxylic acids is 1. The zero-order valence-electron chi connectivity index (χ0n) is 16.3. The van der Waals surface area contributed by atoms with Crippen LogP contribution < -0.4 is 5.73 Å². The summed E-state index contributed by atoms with van der Waals surface area (Å²) >= 11 is 0. The number of nitrogens with zero attached hydrogens (tertiary/aromatic N) is 3. The predicted molar refractivity (Wildman–Crippen MR) is 112 cm³/mol. The molecule has 4 rings (SSSR count). The second kappa shape index (κ2) is 8.15. The predicted octanol–water partition coefficient (Wildman–Crippen LogP) is 3.19. The van der Waals surface area contributed by atoms with Crippen LogP contribution in [0.3, 0.4) is 0 Å². The number of amides is 1. The molecule has 2 N–H and O–H groups in total. The van der Waals surface area contributed by atoms with Crippen molar-refractivity contribution in [3.63, 3.8) is 0 Å². The summed E-state index contributed by atoms with van der Waals surface area (Å²) in [6, 6.07) is 14.2. The molecule has 0 bridgehead atoms. The second-order valence-corrected chi connectivity index (χ2v) is 8.09. The van der Waals surface area contributed by atoms with Gasteiger partial charge in [0.1, 0.15) is 5.82 Å². The normalized spacial score (nSPS) is 19.7. The quantitative estimate of drug-likeness (QED) is 0.870. The molecular formula is C23H28N4O. The van der Waals surface area contributed by atoms with Gasteiger partial charge in [0, 0.05) is 37.8 Å². The molecule has 5 nitrogen and oxygen atoms in total. The van der Waals surface area contributed by atoms with Gasteiger partial charge >= 0.3 is 0 Å². The monoisotopic (exact) mass is 376 g/mol. The average molecular weight is 377 g/mol. The Morgan fingerprint density at radius 2 is 1.89 bits per heavy atom. The first kappa shape index (κ1) is 18.7. The Hall–Kier alpha value is -2.66. The van der Waals surface area contributed by atoms with Crippen LogP contribution in [-0.2, 0) is 11.3 Å². The lowest BCUT2D eigenvalue weighted by atomic mass is 9.77. The van der Waals surface area contributed by atoms with E-state index in [9.17, 15) is 4.79 Å². The van der Waals surface area contributed by atoms with Crippen LogP contribution in [0.4, 0.5) is 5.82 Å². The van der Waals surface area contributed by atoms with Gasteiger partial charge in [-0.3, -0.25) is 9.69 Å². The third-order valence-electron chi connectivity index (χ3n) is 6.08. The number of hydrogen-bond donors (Lipinski definition) is 1. The van der Waals surface area contributed by atoms with Gasteiger partial charge in [-0.15, -0.1) is 0 Å². The van der Waals surface area contributed by atoms with E-state index in [4.69, 9.17) is 5.73 Å². The summed E-state index contributed by atoms with van der Waals surface area (Å²) in [6.07, 6.45) is 8.76. The molecule has 1 amide bonds. The number of nitrogens with two attached hydrogens (primary N) is 1. The molecule has 3 heterocycles. The highest BCUT2D eigenvalue weighted by Gasteiger charge is 2.44. The first-order chi connectivity index (χ1) is 13.6. The van der Waals surface area contributed by atoms with E-state index in [2.05, 4.69) is 34.2 Å². The first-order valence-electron chi connectivity index (χ1n) is 10.0. The number of rotatable bonds is 5. The lowest BCUT2D eigenvalue weighted by Gasteiger charge is -2.38. The Labute approximate surface area is 166 Å². The SMILES string of the molecule is Nc1ncccc1CN1CCC2(CC1)CC(=O)N(CC=Cc1ccccc1)C2. The number of piperidine rings is 1. The van der Waals surface area contributed by atoms with Gasteiger partial charge in [-0.05, 0) is 43.0 Å². The third kappa shape index (κ3) is 4.25. The zero-order valence-corrected chi connectivity index (χ0v) is 16.3. The minimum atomic E-state index is 0.147. The van der Waals surface area contributed by atoms with Crippen molar-refractivity contribution in [1.29, 1.82) is 0 Å². The first-order valence-corrected chi connectivity index (χ1v) is 10.0. The Kier molecular flexibility index (Phi) is 5.44. The molecule has 1 aromatic heterocycles. The van der Waals surface area contributed by atoms with E-state index in [1.807, 2.05) is 35.2 Å². The van der Waals surface area contributed by atoms with E-state index in [0.717, 1.165) is 44.6 Å². The van der Waals surface area contributed by atoms with E-state index in [-0.39, 0.29) is 5.41 Å². The summed E-state index contributed by atoms with van der Waals surface area (Å²) in [5.74, 6) is 0.915. The van der Waals surface area contributed by atoms with Crippen LogP contribution in [0, 0.1) is 5.41 Å². The summed E-state index contributed by atoms with van der Waals surface area (Å²) in [5.41, 5.74) is 8.39. The molecule has 0 radical (unpaired) electrons. The number of pyridine rings is 1. The van der Waals surface area contributed by atoms with E-state index in [0.29, 0.717) is 24.7 Å². The maximum absolute atomic E-state index is 12.6. The van der Waals surface area contributed by atoms with Crippen LogP contribution in [0.2, 0.25) is 0 Å². The molecule has 0 aliphatic carbocycles. The van der Waals surface area contributed by atoms with Gasteiger partial charge < -0.3 is 10.6 Å². The summed E-state index contributed by atoms with van der Waals surface area (Å²) in [7, 11) is 0. The Morgan fingerprint density at radius 3 is 2.64 bits per heavy atom. The van der Waals surface area contributed by atoms with Crippen LogP contribution in [0.1, 0.15) is 30.4 Å². The molecule has 2 aromatic rings. The Morgan fingerprint density at radius 1 is 1.11 bits per heavy atom. The van der Waals surface area contributed by atoms with Gasteiger partial charge in [0.15, 0.2) is 0 Å². The number of aromatic nitrogens is 1. The molecular weight excluding hydrogens is 348 g/mol. The number of benzene rings is 1. The molecule has 0 unspecified atom stereocenters. The molecule has 2 saturated heterocycles. The van der Waals surface area contributed by atoms with E-state index in [1.165, 1.54) is 5.56 Å². The number of hydrogen-bond acceptors (Lipinski definition) is 4. The Bertz CT molecular complexity index is 841. The van der Waals surface area contributed by atoms with E-state index >= 15 is 0 Å². The second-order valence-electron chi connectivity index (χ2n) is 8.09. The molecule has 1 aromatic carbocycles. The smallest absolute Gasteiger partial charge is 0.223 e. The fraction of sp³-hybridized carbons (Fsp3) is 0.391. The molecule has 146 valence electrons. The molecule has 28 heavy (non-hydrogen) atoms. The van der Waals surface area contributed by atoms with Gasteiger partial charge in [-0.1, -0.05) is 48.6 Å². The van der Waals surface area contributed by atoms with Crippen molar-refractivity contribution in [3.8, 4) is 0 Å². The molecule has 2 fully saturated rings. The van der Waals surface area contributed by atoms with Crippen molar-refractivity contribution in [2.24, 2.45) is 5.41 Å². The van der Waals surface area contributed by atoms with Crippen LogP contribution in [0.5, 0.6) is 0 Å². The number of likely N-dealkylation sites (tertiary alicyclic amines) is 2. The van der Waals surface area contributed by atoms with Crippen molar-refractivity contribution < 1.29 is 4.79 Å². The van der Waals surface area contributed by atoms with Gasteiger partial charge in [-0.25, -0.2) is 4.98 Å². The minimum absolute atomic E-state index is 0.147. The summed E-state index contributed by atoms with van der Waals surface area (Å²) < 4.78 is 0. The fourth-order valence-corrected chi connectivity index (χ4v) is 4.37. The van der Waals surface area contributed by atoms with Crippen molar-refractivity contribution in [3.05, 3.63) is 65.9 Å². The van der Waals surface area contributed by atoms with Gasteiger partial charge in [-0.2, -0.15) is 0 Å². The molecule has 0 atom stereocenters. The maximum atomic E-state index is 12.6. The largest absolute Gasteiger partial charge is 0.383 e. The van der Waals surface area contributed by atoms with Crippen molar-refractivity contribution in [1.82, 2.24) is 14.8 Å². The summed E-state index contributed by atoms with van der Waals surface area (Å²) in [6.45, 7) is 4.44. The van der Waals surface area contributed by atoms with Crippen molar-refractivity contribution in [2.75, 3.05) is 31.9 Å². The minimum Gasteiger partial charge on any atom is -0.383 e. The van der Waals surface area contributed by atoms with E-state index in [1.54, 1.807) is 6.20 Å². The number of nitrogen functional groups attached to an aromatic ring is 1. The van der Waals surface area contributed by atoms with Crippen molar-refractivity contribution in [2.45, 2.75) is 25.8 Å². The van der Waals surface area contributed by atoms with Gasteiger partial charge in [0.05, 0.1) is 0 Å². The zero-order chi connectivity index (χ0) is 19.4. The summed E-state index contributed by atoms with van der Waals surface area (Å²) in [4.78, 5) is 21.2. The molecule has 1 spiro atoms. The van der Waals surface area contributed by atoms with E-state index < -0.39 is 0 Å². The van der Waals surface area contributed by atoms with Gasteiger partial charge in [0.2, 0.25) is 5.91 Å². The topological polar surface area (TPSA) is 62.5 Å². The van der Waals surface area contributed by atoms with Gasteiger partial charge in [0.25, 0.3) is 0 Å². The van der Waals surface area contributed by atoms with Crippen molar-refractivity contribution >= 4 is 17.8 Å². The Balaban J connectivity index is 1.30. The highest BCUT2D eigenvalue weighted by atomic mass is 16.2. The number of carbonyl (C=O) groups is 1. The van der Waals surface area contributed by atoms with Crippen LogP contribution in [-0.4, -0.2) is 46.9 Å².